The van der Waals surface area contributed by atoms with Gasteiger partial charge in [0.2, 0.25) is 0 Å². The van der Waals surface area contributed by atoms with Gasteiger partial charge in [0, 0.05) is 19.3 Å². The molecule has 0 aliphatic carbocycles. The zero-order chi connectivity index (χ0) is 12.0. The fourth-order valence-electron chi connectivity index (χ4n) is 1.48. The van der Waals surface area contributed by atoms with Crippen molar-refractivity contribution in [2.24, 2.45) is 0 Å². The summed E-state index contributed by atoms with van der Waals surface area (Å²) in [7, 11) is 0. The van der Waals surface area contributed by atoms with Gasteiger partial charge in [-0.25, -0.2) is 4.98 Å². The van der Waals surface area contributed by atoms with Crippen LogP contribution in [0.1, 0.15) is 11.1 Å². The highest BCUT2D eigenvalue weighted by Crippen LogP contribution is 2.19. The predicted octanol–water partition coefficient (Wildman–Crippen LogP) is 2.44. The van der Waals surface area contributed by atoms with E-state index in [1.807, 2.05) is 17.9 Å². The SMILES string of the molecule is C=CCN(CC=C)c1nccc(C)c1C#N. The molecule has 16 heavy (non-hydrogen) atoms. The second-order valence-corrected chi connectivity index (χ2v) is 3.42. The summed E-state index contributed by atoms with van der Waals surface area (Å²) in [5, 5.41) is 9.12. The number of hydrogen-bond donors (Lipinski definition) is 0. The lowest BCUT2D eigenvalue weighted by Crippen LogP contribution is -2.25. The molecule has 0 unspecified atom stereocenters. The third-order valence-corrected chi connectivity index (χ3v) is 2.25. The van der Waals surface area contributed by atoms with Crippen LogP contribution in [-0.2, 0) is 0 Å². The standard InChI is InChI=1S/C13H15N3/c1-4-8-16(9-5-2)13-12(10-14)11(3)6-7-15-13/h4-7H,1-2,8-9H2,3H3. The fraction of sp³-hybridized carbons (Fsp3) is 0.231. The van der Waals surface area contributed by atoms with Crippen LogP contribution < -0.4 is 4.90 Å². The van der Waals surface area contributed by atoms with Crippen molar-refractivity contribution < 1.29 is 0 Å². The second kappa shape index (κ2) is 5.72. The second-order valence-electron chi connectivity index (χ2n) is 3.42. The minimum Gasteiger partial charge on any atom is -0.348 e. The highest BCUT2D eigenvalue weighted by atomic mass is 15.2. The molecule has 0 amide bonds. The quantitative estimate of drug-likeness (QED) is 0.705. The number of pyridine rings is 1. The van der Waals surface area contributed by atoms with Crippen LogP contribution in [0.4, 0.5) is 5.82 Å². The van der Waals surface area contributed by atoms with E-state index in [4.69, 9.17) is 5.26 Å². The molecule has 1 aromatic rings. The molecule has 0 aromatic carbocycles. The Morgan fingerprint density at radius 2 is 2.06 bits per heavy atom. The third-order valence-electron chi connectivity index (χ3n) is 2.25. The number of nitrogens with zero attached hydrogens (tertiary/aromatic N) is 3. The first-order valence-corrected chi connectivity index (χ1v) is 5.07. The maximum Gasteiger partial charge on any atom is 0.147 e. The summed E-state index contributed by atoms with van der Waals surface area (Å²) in [5.74, 6) is 0.697. The van der Waals surface area contributed by atoms with Gasteiger partial charge in [0.15, 0.2) is 0 Å². The van der Waals surface area contributed by atoms with Gasteiger partial charge in [-0.05, 0) is 18.6 Å². The van der Waals surface area contributed by atoms with E-state index in [1.165, 1.54) is 0 Å². The zero-order valence-electron chi connectivity index (χ0n) is 9.48. The molecule has 0 saturated heterocycles. The van der Waals surface area contributed by atoms with Crippen molar-refractivity contribution in [1.29, 1.82) is 5.26 Å². The van der Waals surface area contributed by atoms with Gasteiger partial charge >= 0.3 is 0 Å². The van der Waals surface area contributed by atoms with Gasteiger partial charge in [0.25, 0.3) is 0 Å². The molecule has 0 spiro atoms. The number of anilines is 1. The molecule has 0 aliphatic heterocycles. The minimum atomic E-state index is 0.617. The number of nitriles is 1. The van der Waals surface area contributed by atoms with Crippen LogP contribution in [0, 0.1) is 18.3 Å². The van der Waals surface area contributed by atoms with Crippen LogP contribution >= 0.6 is 0 Å². The summed E-state index contributed by atoms with van der Waals surface area (Å²) < 4.78 is 0. The minimum absolute atomic E-state index is 0.617. The number of rotatable bonds is 5. The molecule has 1 rings (SSSR count). The van der Waals surface area contributed by atoms with Crippen molar-refractivity contribution in [2.45, 2.75) is 6.92 Å². The molecule has 82 valence electrons. The Hall–Kier alpha value is -2.08. The molecule has 3 nitrogen and oxygen atoms in total. The van der Waals surface area contributed by atoms with Gasteiger partial charge in [0.1, 0.15) is 11.9 Å². The summed E-state index contributed by atoms with van der Waals surface area (Å²) in [4.78, 5) is 6.22. The Kier molecular flexibility index (Phi) is 4.28. The molecule has 3 heteroatoms. The first kappa shape index (κ1) is 12.0. The van der Waals surface area contributed by atoms with Gasteiger partial charge in [-0.2, -0.15) is 5.26 Å². The van der Waals surface area contributed by atoms with E-state index in [1.54, 1.807) is 18.3 Å². The van der Waals surface area contributed by atoms with Crippen LogP contribution in [0.2, 0.25) is 0 Å². The maximum atomic E-state index is 9.12. The molecule has 0 fully saturated rings. The van der Waals surface area contributed by atoms with Crippen molar-refractivity contribution in [2.75, 3.05) is 18.0 Å². The number of hydrogen-bond acceptors (Lipinski definition) is 3. The molecular formula is C13H15N3. The zero-order valence-corrected chi connectivity index (χ0v) is 9.48. The predicted molar refractivity (Wildman–Crippen MR) is 66.3 cm³/mol. The number of aryl methyl sites for hydroxylation is 1. The Morgan fingerprint density at radius 1 is 1.44 bits per heavy atom. The fourth-order valence-corrected chi connectivity index (χ4v) is 1.48. The van der Waals surface area contributed by atoms with E-state index in [0.717, 1.165) is 5.56 Å². The molecule has 0 saturated carbocycles. The van der Waals surface area contributed by atoms with E-state index < -0.39 is 0 Å². The summed E-state index contributed by atoms with van der Waals surface area (Å²) in [6.45, 7) is 10.6. The Morgan fingerprint density at radius 3 is 2.56 bits per heavy atom. The van der Waals surface area contributed by atoms with E-state index in [2.05, 4.69) is 24.2 Å². The van der Waals surface area contributed by atoms with E-state index in [0.29, 0.717) is 24.5 Å². The number of aromatic nitrogens is 1. The Labute approximate surface area is 96.3 Å². The van der Waals surface area contributed by atoms with Crippen molar-refractivity contribution in [3.8, 4) is 6.07 Å². The highest BCUT2D eigenvalue weighted by Gasteiger charge is 2.12. The molecule has 0 radical (unpaired) electrons. The molecular weight excluding hydrogens is 198 g/mol. The molecule has 0 N–H and O–H groups in total. The van der Waals surface area contributed by atoms with Crippen molar-refractivity contribution in [1.82, 2.24) is 4.98 Å². The first-order chi connectivity index (χ1) is 7.74. The van der Waals surface area contributed by atoms with Crippen molar-refractivity contribution >= 4 is 5.82 Å². The third kappa shape index (κ3) is 2.48. The lowest BCUT2D eigenvalue weighted by Gasteiger charge is -2.21. The van der Waals surface area contributed by atoms with Gasteiger partial charge in [0.05, 0.1) is 5.56 Å². The molecule has 0 atom stereocenters. The smallest absolute Gasteiger partial charge is 0.147 e. The van der Waals surface area contributed by atoms with Crippen LogP contribution in [-0.4, -0.2) is 18.1 Å². The van der Waals surface area contributed by atoms with E-state index >= 15 is 0 Å². The molecule has 1 heterocycles. The van der Waals surface area contributed by atoms with Gasteiger partial charge in [-0.15, -0.1) is 13.2 Å². The van der Waals surface area contributed by atoms with Crippen molar-refractivity contribution in [3.63, 3.8) is 0 Å². The van der Waals surface area contributed by atoms with E-state index in [-0.39, 0.29) is 0 Å². The van der Waals surface area contributed by atoms with Gasteiger partial charge < -0.3 is 4.90 Å². The van der Waals surface area contributed by atoms with E-state index in [9.17, 15) is 0 Å². The molecule has 0 bridgehead atoms. The average Bonchev–Trinajstić information content (AvgIpc) is 2.28. The summed E-state index contributed by atoms with van der Waals surface area (Å²) >= 11 is 0. The molecule has 1 aromatic heterocycles. The van der Waals surface area contributed by atoms with Crippen LogP contribution in [0.15, 0.2) is 37.6 Å². The van der Waals surface area contributed by atoms with Gasteiger partial charge in [-0.1, -0.05) is 12.2 Å². The van der Waals surface area contributed by atoms with Crippen molar-refractivity contribution in [3.05, 3.63) is 48.7 Å². The lowest BCUT2D eigenvalue weighted by molar-refractivity contribution is 0.920. The lowest BCUT2D eigenvalue weighted by atomic mass is 10.1. The Balaban J connectivity index is 3.18. The molecule has 0 aliphatic rings. The van der Waals surface area contributed by atoms with Crippen LogP contribution in [0.3, 0.4) is 0 Å². The summed E-state index contributed by atoms with van der Waals surface area (Å²) in [6.07, 6.45) is 5.29. The van der Waals surface area contributed by atoms with Crippen LogP contribution in [0.5, 0.6) is 0 Å². The van der Waals surface area contributed by atoms with Gasteiger partial charge in [-0.3, -0.25) is 0 Å². The first-order valence-electron chi connectivity index (χ1n) is 5.07. The normalized spacial score (nSPS) is 9.25. The summed E-state index contributed by atoms with van der Waals surface area (Å²) in [5.41, 5.74) is 1.55. The van der Waals surface area contributed by atoms with Crippen LogP contribution in [0.25, 0.3) is 0 Å². The largest absolute Gasteiger partial charge is 0.348 e. The highest BCUT2D eigenvalue weighted by molar-refractivity contribution is 5.57. The summed E-state index contributed by atoms with van der Waals surface area (Å²) in [6, 6.07) is 4.02. The Bertz CT molecular complexity index is 419. The maximum absolute atomic E-state index is 9.12. The topological polar surface area (TPSA) is 39.9 Å². The monoisotopic (exact) mass is 213 g/mol. The average molecular weight is 213 g/mol.